The Morgan fingerprint density at radius 1 is 1.12 bits per heavy atom. The molecule has 1 aromatic heterocycles. The smallest absolute Gasteiger partial charge is 0.268 e. The fourth-order valence-electron chi connectivity index (χ4n) is 4.39. The largest absolute Gasteiger partial charge is 0.373 e. The number of rotatable bonds is 8. The zero-order valence-electron chi connectivity index (χ0n) is 19.7. The second kappa shape index (κ2) is 9.79. The van der Waals surface area contributed by atoms with Gasteiger partial charge in [-0.15, -0.1) is 0 Å². The molecule has 4 rings (SSSR count). The number of anilines is 1. The average molecular weight is 448 g/mol. The zero-order valence-corrected chi connectivity index (χ0v) is 19.7. The molecule has 0 unspecified atom stereocenters. The fraction of sp³-hybridized carbons (Fsp3) is 0.407. The Bertz CT molecular complexity index is 1130. The maximum Gasteiger partial charge on any atom is 0.268 e. The van der Waals surface area contributed by atoms with Crippen molar-refractivity contribution in [2.45, 2.75) is 52.2 Å². The van der Waals surface area contributed by atoms with Crippen molar-refractivity contribution in [1.82, 2.24) is 9.88 Å². The Morgan fingerprint density at radius 2 is 1.91 bits per heavy atom. The number of carbonyl (C=O) groups excluding carboxylic acids is 2. The highest BCUT2D eigenvalue weighted by molar-refractivity contribution is 6.00. The van der Waals surface area contributed by atoms with E-state index in [9.17, 15) is 9.59 Å². The summed E-state index contributed by atoms with van der Waals surface area (Å²) in [6, 6.07) is 17.8. The summed E-state index contributed by atoms with van der Waals surface area (Å²) in [6.07, 6.45) is 2.44. The van der Waals surface area contributed by atoms with Crippen LogP contribution in [0.1, 0.15) is 56.1 Å². The Hall–Kier alpha value is -3.12. The van der Waals surface area contributed by atoms with Gasteiger partial charge in [-0.3, -0.25) is 9.59 Å². The molecule has 1 aliphatic rings. The molecule has 1 aliphatic heterocycles. The third kappa shape index (κ3) is 5.63. The van der Waals surface area contributed by atoms with E-state index in [0.717, 1.165) is 41.6 Å². The van der Waals surface area contributed by atoms with Crippen LogP contribution in [0.2, 0.25) is 0 Å². The first-order valence-corrected chi connectivity index (χ1v) is 11.7. The molecule has 174 valence electrons. The van der Waals surface area contributed by atoms with Gasteiger partial charge in [-0.05, 0) is 55.5 Å². The lowest BCUT2D eigenvalue weighted by molar-refractivity contribution is -0.116. The van der Waals surface area contributed by atoms with E-state index >= 15 is 0 Å². The summed E-state index contributed by atoms with van der Waals surface area (Å²) in [5.41, 5.74) is 3.10. The van der Waals surface area contributed by atoms with E-state index < -0.39 is 0 Å². The highest BCUT2D eigenvalue weighted by atomic mass is 16.5. The monoisotopic (exact) mass is 447 g/mol. The van der Waals surface area contributed by atoms with Crippen LogP contribution in [0.25, 0.3) is 10.9 Å². The van der Waals surface area contributed by atoms with Crippen LogP contribution < -0.4 is 10.6 Å². The van der Waals surface area contributed by atoms with Crippen molar-refractivity contribution in [3.8, 4) is 0 Å². The maximum absolute atomic E-state index is 13.3. The average Bonchev–Trinajstić information content (AvgIpc) is 3.36. The lowest BCUT2D eigenvalue weighted by atomic mass is 10.0. The van der Waals surface area contributed by atoms with Gasteiger partial charge in [0.15, 0.2) is 0 Å². The predicted octanol–water partition coefficient (Wildman–Crippen LogP) is 4.97. The normalized spacial score (nSPS) is 18.1. The number of carbonyl (C=O) groups is 2. The number of ether oxygens (including phenoxy) is 1. The standard InChI is InChI=1S/C27H33N3O3/c1-19(2)14-25(31)29-22-10-11-23-21(15-22)16-24(30(23)17-20-8-5-4-6-9-20)26(32)28-18-27(3)12-7-13-33-27/h4-6,8-11,15-16,19H,7,12-14,17-18H2,1-3H3,(H,28,32)(H,29,31)/t27-/m0/s1. The van der Waals surface area contributed by atoms with Crippen LogP contribution in [0.3, 0.4) is 0 Å². The molecule has 0 radical (unpaired) electrons. The Kier molecular flexibility index (Phi) is 6.84. The SMILES string of the molecule is CC(C)CC(=O)Nc1ccc2c(c1)cc(C(=O)NC[C@]1(C)CCCO1)n2Cc1ccccc1. The van der Waals surface area contributed by atoms with Crippen molar-refractivity contribution in [2.75, 3.05) is 18.5 Å². The van der Waals surface area contributed by atoms with Crippen LogP contribution in [0.15, 0.2) is 54.6 Å². The molecule has 0 spiro atoms. The van der Waals surface area contributed by atoms with Gasteiger partial charge >= 0.3 is 0 Å². The number of nitrogens with zero attached hydrogens (tertiary/aromatic N) is 1. The molecule has 6 heteroatoms. The third-order valence-corrected chi connectivity index (χ3v) is 6.12. The topological polar surface area (TPSA) is 72.4 Å². The van der Waals surface area contributed by atoms with Crippen LogP contribution in [-0.4, -0.2) is 35.1 Å². The van der Waals surface area contributed by atoms with Gasteiger partial charge in [0, 0.05) is 42.7 Å². The van der Waals surface area contributed by atoms with Crippen LogP contribution in [0.4, 0.5) is 5.69 Å². The Balaban J connectivity index is 1.63. The van der Waals surface area contributed by atoms with Crippen molar-refractivity contribution in [3.63, 3.8) is 0 Å². The third-order valence-electron chi connectivity index (χ3n) is 6.12. The van der Waals surface area contributed by atoms with Gasteiger partial charge in [0.1, 0.15) is 5.69 Å². The number of hydrogen-bond donors (Lipinski definition) is 2. The predicted molar refractivity (Wildman–Crippen MR) is 131 cm³/mol. The lowest BCUT2D eigenvalue weighted by Crippen LogP contribution is -2.40. The maximum atomic E-state index is 13.3. The first kappa shape index (κ1) is 23.1. The number of benzene rings is 2. The van der Waals surface area contributed by atoms with Gasteiger partial charge < -0.3 is 19.9 Å². The van der Waals surface area contributed by atoms with E-state index in [1.54, 1.807) is 0 Å². The van der Waals surface area contributed by atoms with Crippen LogP contribution in [0, 0.1) is 5.92 Å². The number of nitrogens with one attached hydrogen (secondary N) is 2. The molecule has 2 N–H and O–H groups in total. The van der Waals surface area contributed by atoms with Crippen molar-refractivity contribution >= 4 is 28.4 Å². The molecule has 2 heterocycles. The Morgan fingerprint density at radius 3 is 2.61 bits per heavy atom. The van der Waals surface area contributed by atoms with Gasteiger partial charge in [0.2, 0.25) is 5.91 Å². The number of hydrogen-bond acceptors (Lipinski definition) is 3. The molecule has 2 amide bonds. The summed E-state index contributed by atoms with van der Waals surface area (Å²) in [5.74, 6) is 0.168. The summed E-state index contributed by atoms with van der Waals surface area (Å²) < 4.78 is 7.87. The van der Waals surface area contributed by atoms with Crippen molar-refractivity contribution < 1.29 is 14.3 Å². The highest BCUT2D eigenvalue weighted by Gasteiger charge is 2.30. The quantitative estimate of drug-likeness (QED) is 0.512. The molecule has 0 saturated carbocycles. The van der Waals surface area contributed by atoms with Crippen LogP contribution >= 0.6 is 0 Å². The minimum absolute atomic E-state index is 0.00385. The molecule has 2 aromatic carbocycles. The van der Waals surface area contributed by atoms with Gasteiger partial charge in [-0.2, -0.15) is 0 Å². The molecule has 1 saturated heterocycles. The van der Waals surface area contributed by atoms with Gasteiger partial charge in [0.05, 0.1) is 5.60 Å². The zero-order chi connectivity index (χ0) is 23.4. The van der Waals surface area contributed by atoms with Crippen molar-refractivity contribution in [1.29, 1.82) is 0 Å². The lowest BCUT2D eigenvalue weighted by Gasteiger charge is -2.23. The molecule has 0 aliphatic carbocycles. The summed E-state index contributed by atoms with van der Waals surface area (Å²) in [4.78, 5) is 25.5. The summed E-state index contributed by atoms with van der Waals surface area (Å²) in [7, 11) is 0. The van der Waals surface area contributed by atoms with Gasteiger partial charge in [-0.25, -0.2) is 0 Å². The highest BCUT2D eigenvalue weighted by Crippen LogP contribution is 2.27. The first-order chi connectivity index (χ1) is 15.8. The summed E-state index contributed by atoms with van der Waals surface area (Å²) in [5, 5.41) is 6.98. The van der Waals surface area contributed by atoms with E-state index in [4.69, 9.17) is 4.74 Å². The molecule has 6 nitrogen and oxygen atoms in total. The molecular weight excluding hydrogens is 414 g/mol. The molecule has 33 heavy (non-hydrogen) atoms. The fourth-order valence-corrected chi connectivity index (χ4v) is 4.39. The van der Waals surface area contributed by atoms with E-state index in [-0.39, 0.29) is 17.4 Å². The first-order valence-electron chi connectivity index (χ1n) is 11.7. The van der Waals surface area contributed by atoms with E-state index in [2.05, 4.69) is 22.8 Å². The van der Waals surface area contributed by atoms with Crippen LogP contribution in [-0.2, 0) is 16.1 Å². The van der Waals surface area contributed by atoms with E-state index in [1.807, 2.05) is 67.8 Å². The molecule has 1 fully saturated rings. The van der Waals surface area contributed by atoms with Crippen molar-refractivity contribution in [2.24, 2.45) is 5.92 Å². The molecule has 3 aromatic rings. The molecule has 1 atom stereocenters. The summed E-state index contributed by atoms with van der Waals surface area (Å²) in [6.45, 7) is 7.90. The summed E-state index contributed by atoms with van der Waals surface area (Å²) >= 11 is 0. The molecule has 0 bridgehead atoms. The van der Waals surface area contributed by atoms with E-state index in [1.165, 1.54) is 0 Å². The second-order valence-corrected chi connectivity index (χ2v) is 9.61. The van der Waals surface area contributed by atoms with Gasteiger partial charge in [-0.1, -0.05) is 44.2 Å². The minimum Gasteiger partial charge on any atom is -0.373 e. The number of aromatic nitrogens is 1. The van der Waals surface area contributed by atoms with E-state index in [0.29, 0.717) is 31.1 Å². The number of amides is 2. The molecular formula is C27H33N3O3. The van der Waals surface area contributed by atoms with Crippen molar-refractivity contribution in [3.05, 3.63) is 65.9 Å². The van der Waals surface area contributed by atoms with Gasteiger partial charge in [0.25, 0.3) is 5.91 Å². The number of fused-ring (bicyclic) bond motifs is 1. The minimum atomic E-state index is -0.306. The Labute approximate surface area is 195 Å². The van der Waals surface area contributed by atoms with Crippen LogP contribution in [0.5, 0.6) is 0 Å². The second-order valence-electron chi connectivity index (χ2n) is 9.61.